The van der Waals surface area contributed by atoms with Gasteiger partial charge in [0.25, 0.3) is 5.56 Å². The number of alkyl halides is 1. The number of pyridine rings is 1. The Morgan fingerprint density at radius 1 is 1.05 bits per heavy atom. The molecule has 3 rings (SSSR count). The van der Waals surface area contributed by atoms with Gasteiger partial charge in [0.2, 0.25) is 0 Å². The van der Waals surface area contributed by atoms with Gasteiger partial charge in [-0.2, -0.15) is 0 Å². The molecule has 0 unspecified atom stereocenters. The molecule has 0 amide bonds. The van der Waals surface area contributed by atoms with Crippen LogP contribution in [0.15, 0.2) is 59.4 Å². The van der Waals surface area contributed by atoms with Crippen molar-refractivity contribution in [1.82, 2.24) is 4.57 Å². The fraction of sp³-hybridized carbons (Fsp3) is 0.0625. The number of benzene rings is 2. The predicted octanol–water partition coefficient (Wildman–Crippen LogP) is 4.54. The Kier molecular flexibility index (Phi) is 3.64. The fourth-order valence-corrected chi connectivity index (χ4v) is 3.01. The van der Waals surface area contributed by atoms with Crippen LogP contribution in [-0.2, 0) is 5.33 Å². The number of rotatable bonds is 2. The third kappa shape index (κ3) is 2.17. The van der Waals surface area contributed by atoms with Crippen molar-refractivity contribution in [1.29, 1.82) is 0 Å². The molecule has 4 heteroatoms. The molecule has 0 aliphatic heterocycles. The van der Waals surface area contributed by atoms with Crippen molar-refractivity contribution >= 4 is 38.3 Å². The quantitative estimate of drug-likeness (QED) is 0.623. The molecule has 0 saturated carbocycles. The molecule has 0 spiro atoms. The Morgan fingerprint density at radius 2 is 1.80 bits per heavy atom. The molecule has 3 aromatic rings. The molecule has 0 fully saturated rings. The minimum Gasteiger partial charge on any atom is -0.280 e. The lowest BCUT2D eigenvalue weighted by molar-refractivity contribution is 0.944. The molecule has 2 aromatic carbocycles. The highest BCUT2D eigenvalue weighted by Crippen LogP contribution is 2.23. The second-order valence-corrected chi connectivity index (χ2v) is 5.42. The summed E-state index contributed by atoms with van der Waals surface area (Å²) in [5.74, 6) is 0. The van der Waals surface area contributed by atoms with Crippen molar-refractivity contribution < 1.29 is 0 Å². The van der Waals surface area contributed by atoms with Gasteiger partial charge in [0, 0.05) is 16.7 Å². The van der Waals surface area contributed by atoms with Crippen molar-refractivity contribution in [2.45, 2.75) is 5.33 Å². The predicted molar refractivity (Wildman–Crippen MR) is 87.2 cm³/mol. The molecule has 20 heavy (non-hydrogen) atoms. The van der Waals surface area contributed by atoms with Gasteiger partial charge in [-0.3, -0.25) is 9.36 Å². The Labute approximate surface area is 129 Å². The van der Waals surface area contributed by atoms with Crippen molar-refractivity contribution in [2.75, 3.05) is 0 Å². The number of aromatic nitrogens is 1. The van der Waals surface area contributed by atoms with Crippen LogP contribution in [0.3, 0.4) is 0 Å². The second kappa shape index (κ2) is 5.43. The van der Waals surface area contributed by atoms with E-state index in [0.717, 1.165) is 16.8 Å². The average molecular weight is 349 g/mol. The minimum absolute atomic E-state index is 0.0891. The van der Waals surface area contributed by atoms with E-state index < -0.39 is 0 Å². The van der Waals surface area contributed by atoms with Crippen LogP contribution < -0.4 is 5.56 Å². The molecule has 2 nitrogen and oxygen atoms in total. The van der Waals surface area contributed by atoms with Gasteiger partial charge in [-0.15, -0.1) is 0 Å². The smallest absolute Gasteiger partial charge is 0.264 e. The van der Waals surface area contributed by atoms with Crippen LogP contribution in [-0.4, -0.2) is 4.57 Å². The number of para-hydroxylation sites is 1. The van der Waals surface area contributed by atoms with E-state index in [1.54, 1.807) is 10.6 Å². The van der Waals surface area contributed by atoms with E-state index in [0.29, 0.717) is 15.7 Å². The first-order valence-corrected chi connectivity index (χ1v) is 7.67. The first-order valence-electron chi connectivity index (χ1n) is 6.17. The maximum absolute atomic E-state index is 12.8. The molecule has 1 heterocycles. The largest absolute Gasteiger partial charge is 0.280 e. The van der Waals surface area contributed by atoms with Crippen LogP contribution in [0.25, 0.3) is 16.5 Å². The average Bonchev–Trinajstić information content (AvgIpc) is 2.47. The maximum Gasteiger partial charge on any atom is 0.264 e. The highest BCUT2D eigenvalue weighted by Gasteiger charge is 2.12. The van der Waals surface area contributed by atoms with E-state index in [-0.39, 0.29) is 5.56 Å². The van der Waals surface area contributed by atoms with Crippen LogP contribution in [0, 0.1) is 0 Å². The molecule has 1 aromatic heterocycles. The zero-order valence-electron chi connectivity index (χ0n) is 10.5. The summed E-state index contributed by atoms with van der Waals surface area (Å²) in [6.45, 7) is 0. The lowest BCUT2D eigenvalue weighted by Crippen LogP contribution is -2.21. The maximum atomic E-state index is 12.8. The van der Waals surface area contributed by atoms with E-state index in [9.17, 15) is 4.79 Å². The van der Waals surface area contributed by atoms with E-state index in [1.807, 2.05) is 48.5 Å². The summed E-state index contributed by atoms with van der Waals surface area (Å²) in [5.41, 5.74) is 1.65. The minimum atomic E-state index is -0.0891. The molecule has 0 N–H and O–H groups in total. The highest BCUT2D eigenvalue weighted by atomic mass is 79.9. The van der Waals surface area contributed by atoms with Crippen LogP contribution >= 0.6 is 27.5 Å². The molecule has 100 valence electrons. The Balaban J connectivity index is 2.45. The summed E-state index contributed by atoms with van der Waals surface area (Å²) in [6.07, 6.45) is 0. The first-order chi connectivity index (χ1) is 9.72. The molecule has 0 saturated heterocycles. The Morgan fingerprint density at radius 3 is 2.50 bits per heavy atom. The van der Waals surface area contributed by atoms with E-state index in [1.165, 1.54) is 0 Å². The lowest BCUT2D eigenvalue weighted by Gasteiger charge is -2.13. The van der Waals surface area contributed by atoms with Gasteiger partial charge in [-0.1, -0.05) is 57.9 Å². The molecule has 0 atom stereocenters. The number of fused-ring (bicyclic) bond motifs is 1. The Bertz CT molecular complexity index is 827. The summed E-state index contributed by atoms with van der Waals surface area (Å²) in [5, 5.41) is 2.50. The topological polar surface area (TPSA) is 22.0 Å². The van der Waals surface area contributed by atoms with E-state index in [4.69, 9.17) is 11.6 Å². The van der Waals surface area contributed by atoms with Crippen LogP contribution in [0.1, 0.15) is 5.69 Å². The molecule has 0 bridgehead atoms. The SMILES string of the molecule is O=c1c2c(Cl)cccc2cc(CBr)n1-c1ccccc1. The zero-order valence-corrected chi connectivity index (χ0v) is 12.9. The zero-order chi connectivity index (χ0) is 14.1. The normalized spacial score (nSPS) is 10.9. The monoisotopic (exact) mass is 347 g/mol. The fourth-order valence-electron chi connectivity index (χ4n) is 2.33. The first kappa shape index (κ1) is 13.4. The van der Waals surface area contributed by atoms with Gasteiger partial charge in [0.15, 0.2) is 0 Å². The van der Waals surface area contributed by atoms with Crippen LogP contribution in [0.4, 0.5) is 0 Å². The molecule has 0 aliphatic carbocycles. The van der Waals surface area contributed by atoms with Gasteiger partial charge in [0.05, 0.1) is 10.4 Å². The summed E-state index contributed by atoms with van der Waals surface area (Å²) in [7, 11) is 0. The van der Waals surface area contributed by atoms with E-state index in [2.05, 4.69) is 15.9 Å². The van der Waals surface area contributed by atoms with Gasteiger partial charge in [-0.05, 0) is 29.7 Å². The lowest BCUT2D eigenvalue weighted by atomic mass is 10.1. The number of hydrogen-bond donors (Lipinski definition) is 0. The molecule has 0 radical (unpaired) electrons. The highest BCUT2D eigenvalue weighted by molar-refractivity contribution is 9.08. The van der Waals surface area contributed by atoms with Gasteiger partial charge >= 0.3 is 0 Å². The molecular weight excluding hydrogens is 338 g/mol. The second-order valence-electron chi connectivity index (χ2n) is 4.45. The third-order valence-corrected chi connectivity index (χ3v) is 4.11. The Hall–Kier alpha value is -1.58. The van der Waals surface area contributed by atoms with Gasteiger partial charge in [0.1, 0.15) is 0 Å². The summed E-state index contributed by atoms with van der Waals surface area (Å²) >= 11 is 9.64. The van der Waals surface area contributed by atoms with Crippen LogP contribution in [0.2, 0.25) is 5.02 Å². The molecular formula is C16H11BrClNO. The summed E-state index contributed by atoms with van der Waals surface area (Å²) in [6, 6.07) is 17.1. The van der Waals surface area contributed by atoms with Crippen molar-refractivity contribution in [2.24, 2.45) is 0 Å². The summed E-state index contributed by atoms with van der Waals surface area (Å²) in [4.78, 5) is 12.8. The van der Waals surface area contributed by atoms with Crippen molar-refractivity contribution in [3.05, 3.63) is 75.7 Å². The van der Waals surface area contributed by atoms with Gasteiger partial charge < -0.3 is 0 Å². The van der Waals surface area contributed by atoms with Crippen LogP contribution in [0.5, 0.6) is 0 Å². The van der Waals surface area contributed by atoms with Crippen molar-refractivity contribution in [3.63, 3.8) is 0 Å². The van der Waals surface area contributed by atoms with Gasteiger partial charge in [-0.25, -0.2) is 0 Å². The number of halogens is 2. The third-order valence-electron chi connectivity index (χ3n) is 3.22. The number of nitrogens with zero attached hydrogens (tertiary/aromatic N) is 1. The summed E-state index contributed by atoms with van der Waals surface area (Å²) < 4.78 is 1.70. The van der Waals surface area contributed by atoms with Crippen molar-refractivity contribution in [3.8, 4) is 5.69 Å². The van der Waals surface area contributed by atoms with E-state index >= 15 is 0 Å². The molecule has 0 aliphatic rings. The number of hydrogen-bond acceptors (Lipinski definition) is 1. The standard InChI is InChI=1S/C16H11BrClNO/c17-10-13-9-11-5-4-8-14(18)15(11)16(20)19(13)12-6-2-1-3-7-12/h1-9H,10H2.